The van der Waals surface area contributed by atoms with Gasteiger partial charge in [-0.3, -0.25) is 0 Å². The maximum absolute atomic E-state index is 12.6. The summed E-state index contributed by atoms with van der Waals surface area (Å²) in [5.74, 6) is -0.114. The number of rotatable bonds is 1. The summed E-state index contributed by atoms with van der Waals surface area (Å²) in [6, 6.07) is 5.23. The van der Waals surface area contributed by atoms with Crippen LogP contribution in [0.15, 0.2) is 18.2 Å². The van der Waals surface area contributed by atoms with E-state index in [1.807, 2.05) is 12.1 Å². The Labute approximate surface area is 60.7 Å². The smallest absolute Gasteiger partial charge is 0.126 e. The second-order valence-electron chi connectivity index (χ2n) is 2.44. The lowest BCUT2D eigenvalue weighted by atomic mass is 10.1. The molecule has 0 heterocycles. The van der Waals surface area contributed by atoms with Crippen molar-refractivity contribution in [3.05, 3.63) is 35.1 Å². The first-order valence-corrected chi connectivity index (χ1v) is 3.49. The van der Waals surface area contributed by atoms with Crippen LogP contribution in [0.2, 0.25) is 0 Å². The van der Waals surface area contributed by atoms with Gasteiger partial charge in [0.1, 0.15) is 5.82 Å². The first kappa shape index (κ1) is 7.26. The van der Waals surface area contributed by atoms with E-state index >= 15 is 0 Å². The minimum absolute atomic E-state index is 0.114. The highest BCUT2D eigenvalue weighted by atomic mass is 19.1. The molecule has 0 unspecified atom stereocenters. The number of hydrogen-bond donors (Lipinski definition) is 0. The Morgan fingerprint density at radius 3 is 2.60 bits per heavy atom. The van der Waals surface area contributed by atoms with Crippen LogP contribution >= 0.6 is 0 Å². The van der Waals surface area contributed by atoms with Crippen molar-refractivity contribution in [1.29, 1.82) is 0 Å². The molecule has 0 aliphatic heterocycles. The predicted octanol–water partition coefficient (Wildman–Crippen LogP) is 2.70. The Hall–Kier alpha value is -0.850. The van der Waals surface area contributed by atoms with Gasteiger partial charge in [0.05, 0.1) is 0 Å². The van der Waals surface area contributed by atoms with E-state index in [1.54, 1.807) is 6.92 Å². The SMILES string of the molecule is CCc1ccc(F)c(C)c1. The molecule has 0 amide bonds. The summed E-state index contributed by atoms with van der Waals surface area (Å²) >= 11 is 0. The second-order valence-corrected chi connectivity index (χ2v) is 2.44. The van der Waals surface area contributed by atoms with Crippen LogP contribution in [0, 0.1) is 12.7 Å². The lowest BCUT2D eigenvalue weighted by Crippen LogP contribution is -1.85. The molecule has 0 radical (unpaired) electrons. The van der Waals surface area contributed by atoms with E-state index in [4.69, 9.17) is 0 Å². The van der Waals surface area contributed by atoms with Crippen molar-refractivity contribution in [3.8, 4) is 0 Å². The maximum Gasteiger partial charge on any atom is 0.126 e. The Morgan fingerprint density at radius 2 is 2.10 bits per heavy atom. The van der Waals surface area contributed by atoms with Gasteiger partial charge < -0.3 is 0 Å². The van der Waals surface area contributed by atoms with Crippen molar-refractivity contribution in [2.75, 3.05) is 0 Å². The molecule has 0 fully saturated rings. The molecule has 0 spiro atoms. The van der Waals surface area contributed by atoms with Crippen LogP contribution in [0.3, 0.4) is 0 Å². The van der Waals surface area contributed by atoms with Gasteiger partial charge in [0.2, 0.25) is 0 Å². The monoisotopic (exact) mass is 138 g/mol. The summed E-state index contributed by atoms with van der Waals surface area (Å²) in [6.45, 7) is 3.85. The average molecular weight is 138 g/mol. The van der Waals surface area contributed by atoms with Gasteiger partial charge in [-0.2, -0.15) is 0 Å². The summed E-state index contributed by atoms with van der Waals surface area (Å²) in [4.78, 5) is 0. The summed E-state index contributed by atoms with van der Waals surface area (Å²) in [5, 5.41) is 0. The van der Waals surface area contributed by atoms with Gasteiger partial charge in [-0.05, 0) is 30.5 Å². The van der Waals surface area contributed by atoms with Crippen molar-refractivity contribution < 1.29 is 4.39 Å². The van der Waals surface area contributed by atoms with Gasteiger partial charge in [-0.1, -0.05) is 19.1 Å². The van der Waals surface area contributed by atoms with Crippen LogP contribution in [0.5, 0.6) is 0 Å². The standard InChI is InChI=1S/C9H11F/c1-3-8-4-5-9(10)7(2)6-8/h4-6H,3H2,1-2H3. The van der Waals surface area contributed by atoms with E-state index in [2.05, 4.69) is 6.92 Å². The maximum atomic E-state index is 12.6. The van der Waals surface area contributed by atoms with E-state index in [9.17, 15) is 4.39 Å². The molecule has 1 heteroatoms. The van der Waals surface area contributed by atoms with Crippen molar-refractivity contribution >= 4 is 0 Å². The Kier molecular flexibility index (Phi) is 2.05. The highest BCUT2D eigenvalue weighted by Crippen LogP contribution is 2.08. The molecule has 0 aliphatic rings. The van der Waals surface area contributed by atoms with Crippen molar-refractivity contribution in [2.45, 2.75) is 20.3 Å². The van der Waals surface area contributed by atoms with Crippen molar-refractivity contribution in [3.63, 3.8) is 0 Å². The Balaban J connectivity index is 3.04. The molecule has 0 saturated heterocycles. The first-order valence-electron chi connectivity index (χ1n) is 3.49. The van der Waals surface area contributed by atoms with Crippen molar-refractivity contribution in [2.24, 2.45) is 0 Å². The van der Waals surface area contributed by atoms with E-state index in [0.717, 1.165) is 12.0 Å². The minimum atomic E-state index is -0.114. The molecule has 1 aromatic rings. The summed E-state index contributed by atoms with van der Waals surface area (Å²) in [6.07, 6.45) is 0.973. The van der Waals surface area contributed by atoms with Gasteiger partial charge >= 0.3 is 0 Å². The Bertz CT molecular complexity index is 228. The summed E-state index contributed by atoms with van der Waals surface area (Å²) in [7, 11) is 0. The highest BCUT2D eigenvalue weighted by molar-refractivity contribution is 5.23. The van der Waals surface area contributed by atoms with Crippen LogP contribution in [-0.4, -0.2) is 0 Å². The molecule has 1 aromatic carbocycles. The van der Waals surface area contributed by atoms with Crippen LogP contribution in [0.1, 0.15) is 18.1 Å². The molecule has 0 aromatic heterocycles. The molecular formula is C9H11F. The molecule has 10 heavy (non-hydrogen) atoms. The number of aryl methyl sites for hydroxylation is 2. The molecular weight excluding hydrogens is 127 g/mol. The largest absolute Gasteiger partial charge is 0.207 e. The van der Waals surface area contributed by atoms with Gasteiger partial charge in [-0.25, -0.2) is 4.39 Å². The lowest BCUT2D eigenvalue weighted by molar-refractivity contribution is 0.617. The van der Waals surface area contributed by atoms with Gasteiger partial charge in [0.15, 0.2) is 0 Å². The van der Waals surface area contributed by atoms with Crippen molar-refractivity contribution in [1.82, 2.24) is 0 Å². The molecule has 54 valence electrons. The van der Waals surface area contributed by atoms with Gasteiger partial charge in [0.25, 0.3) is 0 Å². The predicted molar refractivity (Wildman–Crippen MR) is 40.5 cm³/mol. The van der Waals surface area contributed by atoms with Gasteiger partial charge in [-0.15, -0.1) is 0 Å². The van der Waals surface area contributed by atoms with Gasteiger partial charge in [0, 0.05) is 0 Å². The zero-order chi connectivity index (χ0) is 7.56. The normalized spacial score (nSPS) is 9.90. The third kappa shape index (κ3) is 1.35. The fraction of sp³-hybridized carbons (Fsp3) is 0.333. The fourth-order valence-electron chi connectivity index (χ4n) is 0.927. The zero-order valence-corrected chi connectivity index (χ0v) is 6.32. The Morgan fingerprint density at radius 1 is 1.40 bits per heavy atom. The lowest BCUT2D eigenvalue weighted by Gasteiger charge is -1.98. The summed E-state index contributed by atoms with van der Waals surface area (Å²) < 4.78 is 12.6. The molecule has 0 nitrogen and oxygen atoms in total. The highest BCUT2D eigenvalue weighted by Gasteiger charge is 1.95. The second kappa shape index (κ2) is 2.82. The molecule has 0 N–H and O–H groups in total. The van der Waals surface area contributed by atoms with Crippen LogP contribution in [-0.2, 0) is 6.42 Å². The van der Waals surface area contributed by atoms with Crippen LogP contribution in [0.25, 0.3) is 0 Å². The van der Waals surface area contributed by atoms with E-state index in [-0.39, 0.29) is 5.82 Å². The topological polar surface area (TPSA) is 0 Å². The average Bonchev–Trinajstić information content (AvgIpc) is 1.95. The molecule has 1 rings (SSSR count). The van der Waals surface area contributed by atoms with E-state index in [1.165, 1.54) is 11.6 Å². The molecule has 0 bridgehead atoms. The van der Waals surface area contributed by atoms with Crippen LogP contribution in [0.4, 0.5) is 4.39 Å². The summed E-state index contributed by atoms with van der Waals surface area (Å²) in [5.41, 5.74) is 1.93. The molecule has 0 aliphatic carbocycles. The van der Waals surface area contributed by atoms with E-state index < -0.39 is 0 Å². The number of benzene rings is 1. The third-order valence-corrected chi connectivity index (χ3v) is 1.63. The first-order chi connectivity index (χ1) is 4.74. The zero-order valence-electron chi connectivity index (χ0n) is 6.32. The minimum Gasteiger partial charge on any atom is -0.207 e. The number of hydrogen-bond acceptors (Lipinski definition) is 0. The van der Waals surface area contributed by atoms with E-state index in [0.29, 0.717) is 0 Å². The third-order valence-electron chi connectivity index (χ3n) is 1.63. The van der Waals surface area contributed by atoms with Crippen LogP contribution < -0.4 is 0 Å². The quantitative estimate of drug-likeness (QED) is 0.559. The molecule has 0 atom stereocenters. The molecule has 0 saturated carbocycles. The number of halogens is 1. The fourth-order valence-corrected chi connectivity index (χ4v) is 0.927.